The van der Waals surface area contributed by atoms with Crippen LogP contribution in [0, 0.1) is 0 Å². The summed E-state index contributed by atoms with van der Waals surface area (Å²) in [6.07, 6.45) is 0.921. The van der Waals surface area contributed by atoms with Gasteiger partial charge in [-0.05, 0) is 30.7 Å². The molecular formula is C11H15N3S. The van der Waals surface area contributed by atoms with Gasteiger partial charge in [0.05, 0.1) is 10.2 Å². The number of rotatable bonds is 3. The second-order valence-corrected chi connectivity index (χ2v) is 4.74. The molecule has 15 heavy (non-hydrogen) atoms. The van der Waals surface area contributed by atoms with Crippen molar-refractivity contribution in [3.05, 3.63) is 23.8 Å². The molecule has 0 aliphatic carbocycles. The molecule has 2 N–H and O–H groups in total. The van der Waals surface area contributed by atoms with Gasteiger partial charge < -0.3 is 10.6 Å². The molecule has 2 aromatic rings. The molecule has 4 heteroatoms. The lowest BCUT2D eigenvalue weighted by molar-refractivity contribution is 0.970. The number of thiazole rings is 1. The molecule has 0 aliphatic rings. The van der Waals surface area contributed by atoms with Crippen molar-refractivity contribution in [3.63, 3.8) is 0 Å². The maximum atomic E-state index is 5.53. The van der Waals surface area contributed by atoms with E-state index in [0.717, 1.165) is 17.1 Å². The Morgan fingerprint density at radius 1 is 1.40 bits per heavy atom. The summed E-state index contributed by atoms with van der Waals surface area (Å²) in [5.74, 6) is 0. The van der Waals surface area contributed by atoms with E-state index < -0.39 is 0 Å². The monoisotopic (exact) mass is 221 g/mol. The summed E-state index contributed by atoms with van der Waals surface area (Å²) >= 11 is 1.72. The Balaban J connectivity index is 2.43. The van der Waals surface area contributed by atoms with Crippen molar-refractivity contribution in [3.8, 4) is 0 Å². The fraction of sp³-hybridized carbons (Fsp3) is 0.364. The molecule has 0 spiro atoms. The number of hydrogen-bond donors (Lipinski definition) is 1. The Morgan fingerprint density at radius 3 is 2.87 bits per heavy atom. The molecule has 2 rings (SSSR count). The van der Waals surface area contributed by atoms with Gasteiger partial charge in [-0.25, -0.2) is 4.98 Å². The predicted molar refractivity (Wildman–Crippen MR) is 66.7 cm³/mol. The molecule has 1 aromatic carbocycles. The van der Waals surface area contributed by atoms with E-state index in [9.17, 15) is 0 Å². The van der Waals surface area contributed by atoms with E-state index in [1.54, 1.807) is 11.3 Å². The lowest BCUT2D eigenvalue weighted by atomic mass is 10.1. The van der Waals surface area contributed by atoms with E-state index in [1.165, 1.54) is 10.3 Å². The Labute approximate surface area is 93.5 Å². The molecule has 0 saturated heterocycles. The van der Waals surface area contributed by atoms with Crippen LogP contribution in [0.25, 0.3) is 10.2 Å². The molecule has 1 aromatic heterocycles. The van der Waals surface area contributed by atoms with Crippen LogP contribution in [0.3, 0.4) is 0 Å². The van der Waals surface area contributed by atoms with Crippen LogP contribution < -0.4 is 10.6 Å². The molecule has 1 heterocycles. The van der Waals surface area contributed by atoms with Crippen LogP contribution in [-0.2, 0) is 6.42 Å². The van der Waals surface area contributed by atoms with Gasteiger partial charge in [0.25, 0.3) is 0 Å². The van der Waals surface area contributed by atoms with Crippen molar-refractivity contribution in [2.45, 2.75) is 6.42 Å². The van der Waals surface area contributed by atoms with Crippen molar-refractivity contribution in [1.29, 1.82) is 0 Å². The minimum Gasteiger partial charge on any atom is -0.354 e. The fourth-order valence-corrected chi connectivity index (χ4v) is 2.34. The number of aromatic nitrogens is 1. The Hall–Kier alpha value is -1.13. The van der Waals surface area contributed by atoms with E-state index in [-0.39, 0.29) is 0 Å². The number of nitrogens with two attached hydrogens (primary N) is 1. The van der Waals surface area contributed by atoms with Gasteiger partial charge in [-0.15, -0.1) is 0 Å². The second-order valence-electron chi connectivity index (χ2n) is 3.73. The van der Waals surface area contributed by atoms with Crippen molar-refractivity contribution in [1.82, 2.24) is 4.98 Å². The average molecular weight is 221 g/mol. The second kappa shape index (κ2) is 4.16. The molecule has 0 bridgehead atoms. The zero-order valence-electron chi connectivity index (χ0n) is 9.03. The van der Waals surface area contributed by atoms with Crippen LogP contribution in [0.2, 0.25) is 0 Å². The van der Waals surface area contributed by atoms with Gasteiger partial charge in [0.2, 0.25) is 0 Å². The van der Waals surface area contributed by atoms with Crippen LogP contribution >= 0.6 is 11.3 Å². The zero-order valence-corrected chi connectivity index (χ0v) is 9.84. The van der Waals surface area contributed by atoms with E-state index in [0.29, 0.717) is 6.54 Å². The van der Waals surface area contributed by atoms with Crippen molar-refractivity contribution in [2.75, 3.05) is 25.5 Å². The van der Waals surface area contributed by atoms with Gasteiger partial charge >= 0.3 is 0 Å². The van der Waals surface area contributed by atoms with Gasteiger partial charge in [0, 0.05) is 14.1 Å². The first kappa shape index (κ1) is 10.4. The molecule has 0 aliphatic heterocycles. The number of fused-ring (bicyclic) bond motifs is 1. The van der Waals surface area contributed by atoms with E-state index in [1.807, 2.05) is 19.0 Å². The molecule has 80 valence electrons. The van der Waals surface area contributed by atoms with Crippen LogP contribution in [0.4, 0.5) is 5.13 Å². The fourth-order valence-electron chi connectivity index (χ4n) is 1.47. The van der Waals surface area contributed by atoms with Gasteiger partial charge in [0.1, 0.15) is 0 Å². The first-order valence-corrected chi connectivity index (χ1v) is 5.79. The maximum absolute atomic E-state index is 5.53. The van der Waals surface area contributed by atoms with Crippen LogP contribution in [0.1, 0.15) is 5.56 Å². The highest BCUT2D eigenvalue weighted by Crippen LogP contribution is 2.28. The third kappa shape index (κ3) is 2.11. The lowest BCUT2D eigenvalue weighted by Crippen LogP contribution is -2.07. The quantitative estimate of drug-likeness (QED) is 0.860. The molecule has 0 saturated carbocycles. The summed E-state index contributed by atoms with van der Waals surface area (Å²) in [7, 11) is 4.02. The zero-order chi connectivity index (χ0) is 10.8. The predicted octanol–water partition coefficient (Wildman–Crippen LogP) is 1.86. The standard InChI is InChI=1S/C11H15N3S/c1-14(2)11-13-9-7-8(5-6-12)3-4-10(9)15-11/h3-4,7H,5-6,12H2,1-2H3. The molecule has 0 atom stereocenters. The maximum Gasteiger partial charge on any atom is 0.185 e. The highest BCUT2D eigenvalue weighted by atomic mass is 32.1. The first-order valence-electron chi connectivity index (χ1n) is 4.97. The third-order valence-corrected chi connectivity index (χ3v) is 3.46. The molecule has 0 unspecified atom stereocenters. The summed E-state index contributed by atoms with van der Waals surface area (Å²) in [4.78, 5) is 6.59. The molecule has 0 amide bonds. The number of nitrogens with zero attached hydrogens (tertiary/aromatic N) is 2. The summed E-state index contributed by atoms with van der Waals surface area (Å²) in [6, 6.07) is 6.39. The van der Waals surface area contributed by atoms with E-state index >= 15 is 0 Å². The topological polar surface area (TPSA) is 42.2 Å². The van der Waals surface area contributed by atoms with Crippen molar-refractivity contribution >= 4 is 26.7 Å². The number of benzene rings is 1. The minimum absolute atomic E-state index is 0.691. The van der Waals surface area contributed by atoms with Gasteiger partial charge in [0.15, 0.2) is 5.13 Å². The SMILES string of the molecule is CN(C)c1nc2cc(CCN)ccc2s1. The van der Waals surface area contributed by atoms with Gasteiger partial charge in [-0.1, -0.05) is 17.4 Å². The largest absolute Gasteiger partial charge is 0.354 e. The van der Waals surface area contributed by atoms with Crippen LogP contribution in [0.5, 0.6) is 0 Å². The number of anilines is 1. The summed E-state index contributed by atoms with van der Waals surface area (Å²) in [6.45, 7) is 0.691. The van der Waals surface area contributed by atoms with E-state index in [4.69, 9.17) is 5.73 Å². The van der Waals surface area contributed by atoms with Gasteiger partial charge in [-0.3, -0.25) is 0 Å². The smallest absolute Gasteiger partial charge is 0.185 e. The molecule has 0 radical (unpaired) electrons. The summed E-state index contributed by atoms with van der Waals surface area (Å²) < 4.78 is 1.24. The Bertz CT molecular complexity index is 462. The van der Waals surface area contributed by atoms with E-state index in [2.05, 4.69) is 23.2 Å². The Morgan fingerprint density at radius 2 is 2.20 bits per heavy atom. The van der Waals surface area contributed by atoms with Crippen molar-refractivity contribution in [2.24, 2.45) is 5.73 Å². The highest BCUT2D eigenvalue weighted by molar-refractivity contribution is 7.22. The third-order valence-electron chi connectivity index (χ3n) is 2.26. The normalized spacial score (nSPS) is 10.9. The first-order chi connectivity index (χ1) is 7.20. The summed E-state index contributed by atoms with van der Waals surface area (Å²) in [5.41, 5.74) is 7.87. The molecule has 3 nitrogen and oxygen atoms in total. The molecule has 0 fully saturated rings. The highest BCUT2D eigenvalue weighted by Gasteiger charge is 2.05. The van der Waals surface area contributed by atoms with Gasteiger partial charge in [-0.2, -0.15) is 0 Å². The minimum atomic E-state index is 0.691. The lowest BCUT2D eigenvalue weighted by Gasteiger charge is -2.04. The summed E-state index contributed by atoms with van der Waals surface area (Å²) in [5, 5.41) is 1.05. The Kier molecular flexibility index (Phi) is 2.88. The van der Waals surface area contributed by atoms with Crippen LogP contribution in [-0.4, -0.2) is 25.6 Å². The number of hydrogen-bond acceptors (Lipinski definition) is 4. The van der Waals surface area contributed by atoms with Crippen molar-refractivity contribution < 1.29 is 0 Å². The van der Waals surface area contributed by atoms with Crippen LogP contribution in [0.15, 0.2) is 18.2 Å². The molecular weight excluding hydrogens is 206 g/mol. The average Bonchev–Trinajstić information content (AvgIpc) is 2.61.